The molecule has 1 fully saturated rings. The maximum absolute atomic E-state index is 11.2. The summed E-state index contributed by atoms with van der Waals surface area (Å²) in [7, 11) is 0. The van der Waals surface area contributed by atoms with E-state index >= 15 is 0 Å². The second kappa shape index (κ2) is 8.32. The van der Waals surface area contributed by atoms with E-state index in [2.05, 4.69) is 46.0 Å². The van der Waals surface area contributed by atoms with Gasteiger partial charge in [0.05, 0.1) is 0 Å². The summed E-state index contributed by atoms with van der Waals surface area (Å²) in [4.78, 5) is 12.7. The Labute approximate surface area is 170 Å². The molecule has 2 aliphatic heterocycles. The third kappa shape index (κ3) is 5.19. The van der Waals surface area contributed by atoms with Crippen LogP contribution in [0.25, 0.3) is 0 Å². The highest BCUT2D eigenvalue weighted by atomic mass is 16.5. The van der Waals surface area contributed by atoms with Gasteiger partial charge in [-0.15, -0.1) is 0 Å². The van der Waals surface area contributed by atoms with E-state index in [0.29, 0.717) is 0 Å². The third-order valence-electron chi connectivity index (χ3n) is 5.70. The Hall–Kier alpha value is -1.75. The predicted molar refractivity (Wildman–Crippen MR) is 115 cm³/mol. The Morgan fingerprint density at radius 2 is 1.75 bits per heavy atom. The first kappa shape index (κ1) is 22.5. The van der Waals surface area contributed by atoms with E-state index in [1.165, 1.54) is 22.3 Å². The highest BCUT2D eigenvalue weighted by Crippen LogP contribution is 2.40. The van der Waals surface area contributed by atoms with E-state index in [9.17, 15) is 4.79 Å². The highest BCUT2D eigenvalue weighted by Gasteiger charge is 2.34. The lowest BCUT2D eigenvalue weighted by molar-refractivity contribution is 0.0594. The molecule has 0 saturated carbocycles. The maximum Gasteiger partial charge on any atom is 0.407 e. The van der Waals surface area contributed by atoms with Crippen LogP contribution >= 0.6 is 0 Å². The molecule has 5 heteroatoms. The first-order valence-corrected chi connectivity index (χ1v) is 10.3. The lowest BCUT2D eigenvalue weighted by atomic mass is 9.94. The smallest absolute Gasteiger partial charge is 0.407 e. The van der Waals surface area contributed by atoms with Crippen molar-refractivity contribution in [1.29, 1.82) is 0 Å². The second-order valence-corrected chi connectivity index (χ2v) is 9.79. The quantitative estimate of drug-likeness (QED) is 0.720. The van der Waals surface area contributed by atoms with E-state index in [0.717, 1.165) is 38.1 Å². The average Bonchev–Trinajstić information content (AvgIpc) is 2.89. The van der Waals surface area contributed by atoms with Crippen molar-refractivity contribution >= 4 is 6.09 Å². The van der Waals surface area contributed by atoms with Crippen LogP contribution in [0.3, 0.4) is 0 Å². The van der Waals surface area contributed by atoms with Gasteiger partial charge in [-0.25, -0.2) is 4.79 Å². The molecule has 0 unspecified atom stereocenters. The summed E-state index contributed by atoms with van der Waals surface area (Å²) in [6.45, 7) is 18.5. The lowest BCUT2D eigenvalue weighted by Crippen LogP contribution is -2.54. The Morgan fingerprint density at radius 1 is 1.18 bits per heavy atom. The summed E-state index contributed by atoms with van der Waals surface area (Å²) in [6.07, 6.45) is 2.08. The minimum absolute atomic E-state index is 0.0222. The number of carbonyl (C=O) groups is 1. The van der Waals surface area contributed by atoms with Crippen LogP contribution in [-0.4, -0.2) is 46.4 Å². The molecule has 5 nitrogen and oxygen atoms in total. The second-order valence-electron chi connectivity index (χ2n) is 9.79. The van der Waals surface area contributed by atoms with Gasteiger partial charge >= 0.3 is 6.09 Å². The zero-order valence-corrected chi connectivity index (χ0v) is 18.9. The zero-order chi connectivity index (χ0) is 21.3. The van der Waals surface area contributed by atoms with Crippen LogP contribution in [0.5, 0.6) is 5.75 Å². The average molecular weight is 391 g/mol. The van der Waals surface area contributed by atoms with E-state index < -0.39 is 6.09 Å². The van der Waals surface area contributed by atoms with Crippen molar-refractivity contribution in [3.05, 3.63) is 28.3 Å². The Kier molecular flexibility index (Phi) is 6.70. The maximum atomic E-state index is 11.2. The standard InChI is InChI=1S/C13H18O.C10H20N2O2/c1-8-6-9(2)11-7-13(4,5)14-12(11)10(8)3;1-10(2,3)12(9(13)14)8-4-6-11-7-5-8/h6H,7H2,1-5H3;8,11H,4-7H2,1-3H3,(H,13,14). The molecule has 0 bridgehead atoms. The summed E-state index contributed by atoms with van der Waals surface area (Å²) in [5, 5.41) is 12.4. The third-order valence-corrected chi connectivity index (χ3v) is 5.70. The molecule has 0 radical (unpaired) electrons. The molecule has 2 N–H and O–H groups in total. The number of piperidine rings is 1. The number of ether oxygens (including phenoxy) is 1. The van der Waals surface area contributed by atoms with Crippen LogP contribution < -0.4 is 10.1 Å². The van der Waals surface area contributed by atoms with E-state index in [4.69, 9.17) is 9.84 Å². The number of aryl methyl sites for hydroxylation is 2. The molecule has 1 aromatic carbocycles. The van der Waals surface area contributed by atoms with Crippen molar-refractivity contribution in [2.24, 2.45) is 0 Å². The van der Waals surface area contributed by atoms with Gasteiger partial charge < -0.3 is 20.1 Å². The molecule has 0 spiro atoms. The van der Waals surface area contributed by atoms with Crippen LogP contribution in [0.2, 0.25) is 0 Å². The molecule has 0 atom stereocenters. The Morgan fingerprint density at radius 3 is 2.25 bits per heavy atom. The number of amides is 1. The molecule has 0 aliphatic carbocycles. The fraction of sp³-hybridized carbons (Fsp3) is 0.696. The summed E-state index contributed by atoms with van der Waals surface area (Å²) in [5.74, 6) is 1.13. The van der Waals surface area contributed by atoms with Crippen molar-refractivity contribution < 1.29 is 14.6 Å². The Balaban J connectivity index is 0.000000200. The highest BCUT2D eigenvalue weighted by molar-refractivity contribution is 5.66. The van der Waals surface area contributed by atoms with Gasteiger partial charge in [0.1, 0.15) is 11.4 Å². The number of rotatable bonds is 1. The van der Waals surface area contributed by atoms with Gasteiger partial charge in [-0.05, 0) is 98.0 Å². The summed E-state index contributed by atoms with van der Waals surface area (Å²) < 4.78 is 5.99. The molecule has 1 saturated heterocycles. The summed E-state index contributed by atoms with van der Waals surface area (Å²) in [5.41, 5.74) is 5.08. The van der Waals surface area contributed by atoms with E-state index in [-0.39, 0.29) is 17.2 Å². The number of carboxylic acid groups (broad SMARTS) is 1. The van der Waals surface area contributed by atoms with E-state index in [1.54, 1.807) is 4.90 Å². The van der Waals surface area contributed by atoms with Crippen molar-refractivity contribution in [2.45, 2.75) is 91.8 Å². The van der Waals surface area contributed by atoms with Gasteiger partial charge in [-0.1, -0.05) is 6.07 Å². The van der Waals surface area contributed by atoms with Crippen LogP contribution in [-0.2, 0) is 6.42 Å². The zero-order valence-electron chi connectivity index (χ0n) is 18.9. The molecule has 3 rings (SSSR count). The topological polar surface area (TPSA) is 61.8 Å². The van der Waals surface area contributed by atoms with Crippen LogP contribution in [0.15, 0.2) is 6.07 Å². The molecular weight excluding hydrogens is 352 g/mol. The van der Waals surface area contributed by atoms with E-state index in [1.807, 2.05) is 20.8 Å². The van der Waals surface area contributed by atoms with Crippen molar-refractivity contribution in [3.63, 3.8) is 0 Å². The van der Waals surface area contributed by atoms with Gasteiger partial charge in [0.2, 0.25) is 0 Å². The fourth-order valence-electron chi connectivity index (χ4n) is 4.26. The number of hydrogen-bond acceptors (Lipinski definition) is 3. The lowest BCUT2D eigenvalue weighted by Gasteiger charge is -2.41. The molecule has 2 heterocycles. The number of nitrogens with one attached hydrogen (secondary N) is 1. The number of fused-ring (bicyclic) bond motifs is 1. The molecule has 1 amide bonds. The van der Waals surface area contributed by atoms with Gasteiger partial charge in [0, 0.05) is 23.6 Å². The SMILES string of the molecule is CC(C)(C)N(C(=O)O)C1CCNCC1.Cc1cc(C)c2c(c1C)OC(C)(C)C2. The molecule has 0 aromatic heterocycles. The molecular formula is C23H38N2O3. The fourth-order valence-corrected chi connectivity index (χ4v) is 4.26. The molecule has 158 valence electrons. The van der Waals surface area contributed by atoms with Gasteiger partial charge in [0.15, 0.2) is 0 Å². The molecule has 1 aromatic rings. The van der Waals surface area contributed by atoms with Crippen LogP contribution in [0.1, 0.15) is 69.7 Å². The first-order chi connectivity index (χ1) is 12.8. The first-order valence-electron chi connectivity index (χ1n) is 10.3. The van der Waals surface area contributed by atoms with Gasteiger partial charge in [-0.2, -0.15) is 0 Å². The molecule has 28 heavy (non-hydrogen) atoms. The number of benzene rings is 1. The van der Waals surface area contributed by atoms with Crippen molar-refractivity contribution in [2.75, 3.05) is 13.1 Å². The van der Waals surface area contributed by atoms with Crippen LogP contribution in [0.4, 0.5) is 4.79 Å². The minimum Gasteiger partial charge on any atom is -0.487 e. The van der Waals surface area contributed by atoms with Crippen molar-refractivity contribution in [1.82, 2.24) is 10.2 Å². The monoisotopic (exact) mass is 390 g/mol. The minimum atomic E-state index is -0.801. The van der Waals surface area contributed by atoms with Crippen LogP contribution in [0, 0.1) is 20.8 Å². The Bertz CT molecular complexity index is 714. The number of hydrogen-bond donors (Lipinski definition) is 2. The van der Waals surface area contributed by atoms with Gasteiger partial charge in [0.25, 0.3) is 0 Å². The van der Waals surface area contributed by atoms with Crippen molar-refractivity contribution in [3.8, 4) is 5.75 Å². The predicted octanol–water partition coefficient (Wildman–Crippen LogP) is 4.84. The largest absolute Gasteiger partial charge is 0.487 e. The number of nitrogens with zero attached hydrogens (tertiary/aromatic N) is 1. The molecule has 2 aliphatic rings. The summed E-state index contributed by atoms with van der Waals surface area (Å²) >= 11 is 0. The van der Waals surface area contributed by atoms with Gasteiger partial charge in [-0.3, -0.25) is 0 Å². The normalized spacial score (nSPS) is 18.6. The summed E-state index contributed by atoms with van der Waals surface area (Å²) in [6, 6.07) is 2.44.